The van der Waals surface area contributed by atoms with Crippen LogP contribution < -0.4 is 16.0 Å². The average molecular weight is 268 g/mol. The maximum Gasteiger partial charge on any atom is 0.233 e. The summed E-state index contributed by atoms with van der Waals surface area (Å²) in [4.78, 5) is 12.1. The average Bonchev–Trinajstić information content (AvgIpc) is 2.43. The standard InChI is InChI=1S/C13H20N2O2S/c1-18-12-8-6-11(7-9-12)17-10-4-2-3-5-13(16)15-14/h6-9H,2-5,10,14H2,1H3,(H,15,16). The lowest BCUT2D eigenvalue weighted by Gasteiger charge is -2.06. The van der Waals surface area contributed by atoms with Crippen LogP contribution in [0.5, 0.6) is 5.75 Å². The fraction of sp³-hybridized carbons (Fsp3) is 0.462. The lowest BCUT2D eigenvalue weighted by molar-refractivity contribution is -0.121. The molecule has 0 saturated heterocycles. The molecular formula is C13H20N2O2S. The zero-order valence-corrected chi connectivity index (χ0v) is 11.5. The molecule has 0 saturated carbocycles. The molecule has 0 radical (unpaired) electrons. The highest BCUT2D eigenvalue weighted by molar-refractivity contribution is 7.98. The first-order chi connectivity index (χ1) is 8.76. The van der Waals surface area contributed by atoms with E-state index in [4.69, 9.17) is 10.6 Å². The Bertz CT molecular complexity index is 355. The van der Waals surface area contributed by atoms with Crippen molar-refractivity contribution in [2.24, 2.45) is 5.84 Å². The van der Waals surface area contributed by atoms with E-state index in [-0.39, 0.29) is 5.91 Å². The molecule has 18 heavy (non-hydrogen) atoms. The summed E-state index contributed by atoms with van der Waals surface area (Å²) in [5, 5.41) is 0. The van der Waals surface area contributed by atoms with Crippen LogP contribution in [0.2, 0.25) is 0 Å². The molecule has 5 heteroatoms. The first kappa shape index (κ1) is 14.9. The van der Waals surface area contributed by atoms with E-state index in [0.29, 0.717) is 13.0 Å². The number of nitrogens with one attached hydrogen (secondary N) is 1. The first-order valence-electron chi connectivity index (χ1n) is 6.02. The predicted molar refractivity (Wildman–Crippen MR) is 74.5 cm³/mol. The third-order valence-corrected chi connectivity index (χ3v) is 3.28. The van der Waals surface area contributed by atoms with E-state index in [1.807, 2.05) is 30.5 Å². The molecule has 100 valence electrons. The minimum Gasteiger partial charge on any atom is -0.494 e. The van der Waals surface area contributed by atoms with Gasteiger partial charge in [-0.1, -0.05) is 0 Å². The van der Waals surface area contributed by atoms with Crippen molar-refractivity contribution < 1.29 is 9.53 Å². The van der Waals surface area contributed by atoms with Gasteiger partial charge in [-0.3, -0.25) is 10.2 Å². The number of carbonyl (C=O) groups is 1. The highest BCUT2D eigenvalue weighted by Gasteiger charge is 1.98. The van der Waals surface area contributed by atoms with Crippen molar-refractivity contribution in [1.29, 1.82) is 0 Å². The summed E-state index contributed by atoms with van der Waals surface area (Å²) in [6.45, 7) is 0.683. The normalized spacial score (nSPS) is 10.1. The smallest absolute Gasteiger partial charge is 0.233 e. The van der Waals surface area contributed by atoms with Gasteiger partial charge in [0.2, 0.25) is 5.91 Å². The molecule has 0 aliphatic rings. The molecule has 1 amide bonds. The molecule has 1 aromatic rings. The number of amides is 1. The lowest BCUT2D eigenvalue weighted by atomic mass is 10.2. The van der Waals surface area contributed by atoms with Crippen LogP contribution >= 0.6 is 11.8 Å². The molecule has 0 bridgehead atoms. The van der Waals surface area contributed by atoms with Crippen molar-refractivity contribution in [2.45, 2.75) is 30.6 Å². The van der Waals surface area contributed by atoms with Gasteiger partial charge >= 0.3 is 0 Å². The molecule has 0 aromatic heterocycles. The van der Waals surface area contributed by atoms with Gasteiger partial charge < -0.3 is 4.74 Å². The van der Waals surface area contributed by atoms with Crippen molar-refractivity contribution in [2.75, 3.05) is 12.9 Å². The zero-order chi connectivity index (χ0) is 13.2. The summed E-state index contributed by atoms with van der Waals surface area (Å²) in [6.07, 6.45) is 5.29. The Kier molecular flexibility index (Phi) is 7.29. The molecule has 1 rings (SSSR count). The molecule has 0 aliphatic heterocycles. The van der Waals surface area contributed by atoms with Crippen molar-refractivity contribution in [3.8, 4) is 5.75 Å². The summed E-state index contributed by atoms with van der Waals surface area (Å²) in [5.74, 6) is 5.77. The van der Waals surface area contributed by atoms with Crippen molar-refractivity contribution in [1.82, 2.24) is 5.43 Å². The van der Waals surface area contributed by atoms with Crippen LogP contribution in [0.25, 0.3) is 0 Å². The van der Waals surface area contributed by atoms with E-state index >= 15 is 0 Å². The Labute approximate surface area is 112 Å². The molecule has 0 unspecified atom stereocenters. The summed E-state index contributed by atoms with van der Waals surface area (Å²) in [5.41, 5.74) is 2.12. The number of unbranched alkanes of at least 4 members (excludes halogenated alkanes) is 2. The fourth-order valence-corrected chi connectivity index (χ4v) is 1.91. The fourth-order valence-electron chi connectivity index (χ4n) is 1.50. The molecular weight excluding hydrogens is 248 g/mol. The number of thioether (sulfide) groups is 1. The third kappa shape index (κ3) is 5.93. The monoisotopic (exact) mass is 268 g/mol. The number of hydrogen-bond acceptors (Lipinski definition) is 4. The number of nitrogens with two attached hydrogens (primary N) is 1. The van der Waals surface area contributed by atoms with Crippen LogP contribution in [0, 0.1) is 0 Å². The van der Waals surface area contributed by atoms with Gasteiger partial charge in [0, 0.05) is 11.3 Å². The third-order valence-electron chi connectivity index (χ3n) is 2.54. The van der Waals surface area contributed by atoms with E-state index in [0.717, 1.165) is 25.0 Å². The largest absolute Gasteiger partial charge is 0.494 e. The highest BCUT2D eigenvalue weighted by Crippen LogP contribution is 2.19. The molecule has 3 N–H and O–H groups in total. The van der Waals surface area contributed by atoms with Crippen molar-refractivity contribution in [3.05, 3.63) is 24.3 Å². The molecule has 1 aromatic carbocycles. The summed E-state index contributed by atoms with van der Waals surface area (Å²) in [7, 11) is 0. The minimum absolute atomic E-state index is 0.108. The Morgan fingerprint density at radius 1 is 1.28 bits per heavy atom. The number of rotatable bonds is 8. The van der Waals surface area contributed by atoms with Gasteiger partial charge in [0.1, 0.15) is 5.75 Å². The number of hydrazine groups is 1. The summed E-state index contributed by atoms with van der Waals surface area (Å²) < 4.78 is 5.60. The summed E-state index contributed by atoms with van der Waals surface area (Å²) in [6, 6.07) is 8.05. The van der Waals surface area contributed by atoms with E-state index in [9.17, 15) is 4.79 Å². The van der Waals surface area contributed by atoms with E-state index in [2.05, 4.69) is 5.43 Å². The van der Waals surface area contributed by atoms with Gasteiger partial charge in [-0.25, -0.2) is 5.84 Å². The predicted octanol–water partition coefficient (Wildman–Crippen LogP) is 2.34. The molecule has 0 heterocycles. The maximum absolute atomic E-state index is 10.9. The van der Waals surface area contributed by atoms with Crippen LogP contribution in [-0.2, 0) is 4.79 Å². The van der Waals surface area contributed by atoms with E-state index in [1.165, 1.54) is 4.90 Å². The molecule has 4 nitrogen and oxygen atoms in total. The Balaban J connectivity index is 2.08. The van der Waals surface area contributed by atoms with Crippen LogP contribution in [0.4, 0.5) is 0 Å². The van der Waals surface area contributed by atoms with Crippen LogP contribution in [0.3, 0.4) is 0 Å². The molecule has 0 aliphatic carbocycles. The number of hydrogen-bond donors (Lipinski definition) is 2. The molecule has 0 fully saturated rings. The number of ether oxygens (including phenoxy) is 1. The Morgan fingerprint density at radius 3 is 2.61 bits per heavy atom. The molecule has 0 spiro atoms. The summed E-state index contributed by atoms with van der Waals surface area (Å²) >= 11 is 1.71. The topological polar surface area (TPSA) is 64.3 Å². The van der Waals surface area contributed by atoms with Crippen LogP contribution in [0.1, 0.15) is 25.7 Å². The van der Waals surface area contributed by atoms with Gasteiger partial charge in [-0.15, -0.1) is 11.8 Å². The highest BCUT2D eigenvalue weighted by atomic mass is 32.2. The maximum atomic E-state index is 10.9. The Morgan fingerprint density at radius 2 is 2.00 bits per heavy atom. The van der Waals surface area contributed by atoms with Crippen LogP contribution in [0.15, 0.2) is 29.2 Å². The van der Waals surface area contributed by atoms with E-state index in [1.54, 1.807) is 11.8 Å². The SMILES string of the molecule is CSc1ccc(OCCCCCC(=O)NN)cc1. The van der Waals surface area contributed by atoms with Crippen molar-refractivity contribution >= 4 is 17.7 Å². The van der Waals surface area contributed by atoms with Gasteiger partial charge in [-0.05, 0) is 49.8 Å². The van der Waals surface area contributed by atoms with Gasteiger partial charge in [0.05, 0.1) is 6.61 Å². The number of benzene rings is 1. The Hall–Kier alpha value is -1.20. The second-order valence-electron chi connectivity index (χ2n) is 3.90. The zero-order valence-electron chi connectivity index (χ0n) is 10.6. The van der Waals surface area contributed by atoms with Crippen molar-refractivity contribution in [3.63, 3.8) is 0 Å². The van der Waals surface area contributed by atoms with Gasteiger partial charge in [0.25, 0.3) is 0 Å². The first-order valence-corrected chi connectivity index (χ1v) is 7.25. The molecule has 0 atom stereocenters. The van der Waals surface area contributed by atoms with Crippen LogP contribution in [-0.4, -0.2) is 18.8 Å². The van der Waals surface area contributed by atoms with Gasteiger partial charge in [-0.2, -0.15) is 0 Å². The minimum atomic E-state index is -0.108. The van der Waals surface area contributed by atoms with Gasteiger partial charge in [0.15, 0.2) is 0 Å². The quantitative estimate of drug-likeness (QED) is 0.250. The second kappa shape index (κ2) is 8.83. The second-order valence-corrected chi connectivity index (χ2v) is 4.78. The van der Waals surface area contributed by atoms with E-state index < -0.39 is 0 Å². The number of carbonyl (C=O) groups excluding carboxylic acids is 1. The lowest BCUT2D eigenvalue weighted by Crippen LogP contribution is -2.29.